The van der Waals surface area contributed by atoms with Gasteiger partial charge in [-0.05, 0) is 66.4 Å². The molecule has 0 amide bonds. The van der Waals surface area contributed by atoms with E-state index in [1.165, 1.54) is 0 Å². The first kappa shape index (κ1) is 24.1. The van der Waals surface area contributed by atoms with Crippen molar-refractivity contribution >= 4 is 16.8 Å². The van der Waals surface area contributed by atoms with Gasteiger partial charge in [0.25, 0.3) is 0 Å². The average Bonchev–Trinajstić information content (AvgIpc) is 2.93. The minimum Gasteiger partial charge on any atom is -0.497 e. The number of ether oxygens (including phenoxy) is 2. The first-order valence-electron chi connectivity index (χ1n) is 12.0. The topological polar surface area (TPSA) is 65.7 Å². The second kappa shape index (κ2) is 10.2. The van der Waals surface area contributed by atoms with Gasteiger partial charge in [0, 0.05) is 11.1 Å². The molecule has 5 heteroatoms. The number of methoxy groups -OCH3 is 1. The molecule has 0 aliphatic rings. The number of benzene rings is 4. The Morgan fingerprint density at radius 2 is 1.46 bits per heavy atom. The number of aryl methyl sites for hydroxylation is 2. The van der Waals surface area contributed by atoms with Crippen LogP contribution in [0.1, 0.15) is 21.5 Å². The van der Waals surface area contributed by atoms with Gasteiger partial charge in [-0.1, -0.05) is 60.7 Å². The van der Waals surface area contributed by atoms with Crippen LogP contribution in [0, 0.1) is 13.8 Å². The predicted octanol–water partition coefficient (Wildman–Crippen LogP) is 7.01. The van der Waals surface area contributed by atoms with Gasteiger partial charge >= 0.3 is 0 Å². The van der Waals surface area contributed by atoms with Crippen LogP contribution < -0.4 is 14.9 Å². The number of carbonyl (C=O) groups is 1. The van der Waals surface area contributed by atoms with Crippen molar-refractivity contribution in [3.05, 3.63) is 118 Å². The van der Waals surface area contributed by atoms with Gasteiger partial charge < -0.3 is 13.9 Å². The van der Waals surface area contributed by atoms with Crippen molar-refractivity contribution in [2.75, 3.05) is 13.7 Å². The molecule has 0 spiro atoms. The van der Waals surface area contributed by atoms with Crippen LogP contribution in [0.2, 0.25) is 0 Å². The van der Waals surface area contributed by atoms with Crippen molar-refractivity contribution < 1.29 is 18.7 Å². The lowest BCUT2D eigenvalue weighted by atomic mass is 10.0. The van der Waals surface area contributed by atoms with Crippen LogP contribution in [-0.2, 0) is 0 Å². The molecular formula is C32H26O5. The van der Waals surface area contributed by atoms with Gasteiger partial charge in [0.05, 0.1) is 12.5 Å². The number of rotatable bonds is 7. The Kier molecular flexibility index (Phi) is 6.60. The fourth-order valence-corrected chi connectivity index (χ4v) is 4.40. The predicted molar refractivity (Wildman–Crippen MR) is 146 cm³/mol. The van der Waals surface area contributed by atoms with E-state index in [1.54, 1.807) is 49.6 Å². The molecule has 0 N–H and O–H groups in total. The van der Waals surface area contributed by atoms with Crippen molar-refractivity contribution in [3.8, 4) is 33.9 Å². The van der Waals surface area contributed by atoms with E-state index in [9.17, 15) is 9.59 Å². The van der Waals surface area contributed by atoms with Gasteiger partial charge in [0.2, 0.25) is 11.2 Å². The number of fused-ring (bicyclic) bond motifs is 1. The van der Waals surface area contributed by atoms with E-state index in [2.05, 4.69) is 0 Å². The van der Waals surface area contributed by atoms with E-state index < -0.39 is 0 Å². The summed E-state index contributed by atoms with van der Waals surface area (Å²) < 4.78 is 17.4. The molecule has 5 aromatic rings. The molecule has 0 aliphatic carbocycles. The summed E-state index contributed by atoms with van der Waals surface area (Å²) in [5.41, 5.74) is 5.21. The lowest BCUT2D eigenvalue weighted by molar-refractivity contribution is 0.0920. The molecule has 0 unspecified atom stereocenters. The highest BCUT2D eigenvalue weighted by atomic mass is 16.5. The normalized spacial score (nSPS) is 10.9. The summed E-state index contributed by atoms with van der Waals surface area (Å²) in [6.07, 6.45) is 0. The molecule has 0 atom stereocenters. The minimum absolute atomic E-state index is 0.0110. The maximum atomic E-state index is 13.6. The highest BCUT2D eigenvalue weighted by Gasteiger charge is 2.20. The Hall–Kier alpha value is -4.64. The zero-order valence-electron chi connectivity index (χ0n) is 20.9. The van der Waals surface area contributed by atoms with E-state index in [0.717, 1.165) is 22.3 Å². The largest absolute Gasteiger partial charge is 0.497 e. The molecule has 0 fully saturated rings. The lowest BCUT2D eigenvalue weighted by Gasteiger charge is -2.13. The summed E-state index contributed by atoms with van der Waals surface area (Å²) in [4.78, 5) is 26.6. The van der Waals surface area contributed by atoms with Gasteiger partial charge in [-0.2, -0.15) is 0 Å². The summed E-state index contributed by atoms with van der Waals surface area (Å²) in [6.45, 7) is 3.53. The van der Waals surface area contributed by atoms with Crippen LogP contribution in [0.15, 0.2) is 100 Å². The van der Waals surface area contributed by atoms with Gasteiger partial charge in [0.1, 0.15) is 11.3 Å². The summed E-state index contributed by atoms with van der Waals surface area (Å²) >= 11 is 0. The van der Waals surface area contributed by atoms with Crippen LogP contribution in [0.5, 0.6) is 11.5 Å². The van der Waals surface area contributed by atoms with E-state index in [-0.39, 0.29) is 29.3 Å². The van der Waals surface area contributed by atoms with E-state index in [4.69, 9.17) is 13.9 Å². The minimum atomic E-state index is -0.314. The lowest BCUT2D eigenvalue weighted by Crippen LogP contribution is -2.17. The number of carbonyl (C=O) groups excluding carboxylic acids is 1. The van der Waals surface area contributed by atoms with Gasteiger partial charge in [-0.15, -0.1) is 0 Å². The zero-order valence-corrected chi connectivity index (χ0v) is 20.9. The van der Waals surface area contributed by atoms with E-state index >= 15 is 0 Å². The molecule has 37 heavy (non-hydrogen) atoms. The third kappa shape index (κ3) is 4.89. The first-order chi connectivity index (χ1) is 17.9. The average molecular weight is 491 g/mol. The molecule has 184 valence electrons. The maximum absolute atomic E-state index is 13.6. The standard InChI is InChI=1S/C32H26O5/c1-20-17-21(2)30-27(18-20)29(34)32(31(37-30)25-13-15-26(35-3)16-14-25)36-19-28(33)24-11-9-23(10-12-24)22-7-5-4-6-8-22/h4-18H,19H2,1-3H3. The molecule has 1 aromatic heterocycles. The molecule has 0 saturated heterocycles. The van der Waals surface area contributed by atoms with Gasteiger partial charge in [-0.3, -0.25) is 9.59 Å². The van der Waals surface area contributed by atoms with Crippen molar-refractivity contribution in [1.82, 2.24) is 0 Å². The third-order valence-electron chi connectivity index (χ3n) is 6.29. The molecule has 0 saturated carbocycles. The fourth-order valence-electron chi connectivity index (χ4n) is 4.40. The van der Waals surface area contributed by atoms with Crippen molar-refractivity contribution in [1.29, 1.82) is 0 Å². The van der Waals surface area contributed by atoms with Crippen LogP contribution in [0.25, 0.3) is 33.4 Å². The third-order valence-corrected chi connectivity index (χ3v) is 6.29. The SMILES string of the molecule is COc1ccc(-c2oc3c(C)cc(C)cc3c(=O)c2OCC(=O)c2ccc(-c3ccccc3)cc2)cc1. The van der Waals surface area contributed by atoms with Crippen LogP contribution >= 0.6 is 0 Å². The fraction of sp³-hybridized carbons (Fsp3) is 0.125. The number of hydrogen-bond donors (Lipinski definition) is 0. The van der Waals surface area contributed by atoms with E-state index in [0.29, 0.717) is 27.8 Å². The van der Waals surface area contributed by atoms with Gasteiger partial charge in [0.15, 0.2) is 18.2 Å². The Labute approximate surface area is 214 Å². The van der Waals surface area contributed by atoms with Crippen molar-refractivity contribution in [2.24, 2.45) is 0 Å². The molecule has 0 radical (unpaired) electrons. The Morgan fingerprint density at radius 3 is 2.14 bits per heavy atom. The van der Waals surface area contributed by atoms with Crippen LogP contribution in [0.3, 0.4) is 0 Å². The van der Waals surface area contributed by atoms with Crippen LogP contribution in [0.4, 0.5) is 0 Å². The highest BCUT2D eigenvalue weighted by molar-refractivity contribution is 5.98. The Bertz CT molecular complexity index is 1630. The molecule has 5 rings (SSSR count). The highest BCUT2D eigenvalue weighted by Crippen LogP contribution is 2.33. The van der Waals surface area contributed by atoms with Gasteiger partial charge in [-0.25, -0.2) is 0 Å². The molecule has 5 nitrogen and oxygen atoms in total. The summed E-state index contributed by atoms with van der Waals surface area (Å²) in [5.74, 6) is 0.728. The van der Waals surface area contributed by atoms with Crippen molar-refractivity contribution in [2.45, 2.75) is 13.8 Å². The summed E-state index contributed by atoms with van der Waals surface area (Å²) in [7, 11) is 1.59. The molecular weight excluding hydrogens is 464 g/mol. The second-order valence-electron chi connectivity index (χ2n) is 8.93. The first-order valence-corrected chi connectivity index (χ1v) is 12.0. The van der Waals surface area contributed by atoms with E-state index in [1.807, 2.05) is 62.4 Å². The molecule has 0 aliphatic heterocycles. The van der Waals surface area contributed by atoms with Crippen LogP contribution in [-0.4, -0.2) is 19.5 Å². The second-order valence-corrected chi connectivity index (χ2v) is 8.93. The number of hydrogen-bond acceptors (Lipinski definition) is 5. The molecule has 0 bridgehead atoms. The number of Topliss-reactive ketones (excluding diaryl/α,β-unsaturated/α-hetero) is 1. The Balaban J connectivity index is 1.49. The smallest absolute Gasteiger partial charge is 0.235 e. The zero-order chi connectivity index (χ0) is 25.9. The summed E-state index contributed by atoms with van der Waals surface area (Å²) in [5, 5.41) is 0.421. The van der Waals surface area contributed by atoms with Crippen molar-refractivity contribution in [3.63, 3.8) is 0 Å². The summed E-state index contributed by atoms with van der Waals surface area (Å²) in [6, 6.07) is 28.2. The molecule has 1 heterocycles. The molecule has 4 aromatic carbocycles. The monoisotopic (exact) mass is 490 g/mol. The Morgan fingerprint density at radius 1 is 0.811 bits per heavy atom. The quantitative estimate of drug-likeness (QED) is 0.230. The maximum Gasteiger partial charge on any atom is 0.235 e. The number of ketones is 1.